The zero-order valence-corrected chi connectivity index (χ0v) is 22.5. The normalized spacial score (nSPS) is 20.3. The monoisotopic (exact) mass is 532 g/mol. The lowest BCUT2D eigenvalue weighted by Crippen LogP contribution is -2.37. The Hall–Kier alpha value is -4.24. The summed E-state index contributed by atoms with van der Waals surface area (Å²) in [6, 6.07) is 19.2. The van der Waals surface area contributed by atoms with Gasteiger partial charge >= 0.3 is 0 Å². The third-order valence-corrected chi connectivity index (χ3v) is 7.04. The number of benzene rings is 3. The number of hydrogen-bond donors (Lipinski definition) is 0. The van der Waals surface area contributed by atoms with E-state index >= 15 is 0 Å². The maximum absolute atomic E-state index is 14.0. The molecule has 3 atom stereocenters. The Kier molecular flexibility index (Phi) is 7.60. The number of anilines is 2. The van der Waals surface area contributed by atoms with Gasteiger partial charge in [0.1, 0.15) is 17.7 Å². The van der Waals surface area contributed by atoms with E-state index in [-0.39, 0.29) is 5.91 Å². The second kappa shape index (κ2) is 11.2. The summed E-state index contributed by atoms with van der Waals surface area (Å²) in [5, 5.41) is 1.62. The molecular weight excluding hydrogens is 500 g/mol. The third kappa shape index (κ3) is 4.63. The van der Waals surface area contributed by atoms with Crippen molar-refractivity contribution in [2.45, 2.75) is 31.9 Å². The Morgan fingerprint density at radius 3 is 2.15 bits per heavy atom. The number of ether oxygens (including phenoxy) is 4. The molecule has 2 heterocycles. The Morgan fingerprint density at radius 1 is 0.795 bits per heavy atom. The van der Waals surface area contributed by atoms with Crippen molar-refractivity contribution in [2.75, 3.05) is 37.9 Å². The molecule has 0 radical (unpaired) electrons. The molecule has 5 rings (SSSR count). The number of unbranched alkanes of at least 4 members (excludes halogenated alkanes) is 1. The minimum Gasteiger partial charge on any atom is -0.494 e. The molecule has 9 heteroatoms. The second-order valence-corrected chi connectivity index (χ2v) is 9.29. The van der Waals surface area contributed by atoms with E-state index in [4.69, 9.17) is 23.8 Å². The van der Waals surface area contributed by atoms with Crippen molar-refractivity contribution in [2.24, 2.45) is 5.92 Å². The number of nitrogens with zero attached hydrogens (tertiary/aromatic N) is 2. The van der Waals surface area contributed by atoms with Crippen LogP contribution in [0.3, 0.4) is 0 Å². The van der Waals surface area contributed by atoms with E-state index < -0.39 is 24.0 Å². The largest absolute Gasteiger partial charge is 0.494 e. The fraction of sp³-hybridized carbons (Fsp3) is 0.333. The quantitative estimate of drug-likeness (QED) is 0.268. The maximum atomic E-state index is 14.0. The number of hydrogen-bond acceptors (Lipinski definition) is 8. The molecule has 0 unspecified atom stereocenters. The summed E-state index contributed by atoms with van der Waals surface area (Å²) < 4.78 is 22.6. The lowest BCUT2D eigenvalue weighted by Gasteiger charge is -2.30. The zero-order valence-electron chi connectivity index (χ0n) is 22.5. The van der Waals surface area contributed by atoms with E-state index in [1.807, 2.05) is 36.4 Å². The van der Waals surface area contributed by atoms with Gasteiger partial charge in [0.15, 0.2) is 17.6 Å². The van der Waals surface area contributed by atoms with E-state index in [0.717, 1.165) is 12.8 Å². The molecule has 2 aliphatic rings. The molecule has 2 fully saturated rings. The Bertz CT molecular complexity index is 1330. The van der Waals surface area contributed by atoms with Gasteiger partial charge in [-0.2, -0.15) is 0 Å². The van der Waals surface area contributed by atoms with E-state index in [9.17, 15) is 9.59 Å². The predicted molar refractivity (Wildman–Crippen MR) is 145 cm³/mol. The first kappa shape index (κ1) is 26.4. The van der Waals surface area contributed by atoms with Crippen molar-refractivity contribution in [1.82, 2.24) is 0 Å². The second-order valence-electron chi connectivity index (χ2n) is 9.29. The van der Waals surface area contributed by atoms with Crippen LogP contribution in [0.1, 0.15) is 31.4 Å². The molecule has 9 nitrogen and oxygen atoms in total. The topological polar surface area (TPSA) is 86.8 Å². The van der Waals surface area contributed by atoms with Crippen molar-refractivity contribution in [3.8, 4) is 23.0 Å². The van der Waals surface area contributed by atoms with Gasteiger partial charge in [0, 0.05) is 5.56 Å². The molecule has 0 bridgehead atoms. The highest BCUT2D eigenvalue weighted by Gasteiger charge is 2.61. The summed E-state index contributed by atoms with van der Waals surface area (Å²) >= 11 is 0. The van der Waals surface area contributed by atoms with Crippen LogP contribution in [-0.4, -0.2) is 45.9 Å². The van der Waals surface area contributed by atoms with Crippen LogP contribution in [0.2, 0.25) is 0 Å². The van der Waals surface area contributed by atoms with Gasteiger partial charge in [-0.1, -0.05) is 31.5 Å². The van der Waals surface area contributed by atoms with E-state index in [2.05, 4.69) is 6.92 Å². The molecule has 2 saturated heterocycles. The molecule has 3 aromatic rings. The van der Waals surface area contributed by atoms with Crippen LogP contribution in [0.4, 0.5) is 11.4 Å². The minimum atomic E-state index is -1.01. The molecular formula is C30H32N2O7. The van der Waals surface area contributed by atoms with Crippen molar-refractivity contribution >= 4 is 23.2 Å². The maximum Gasteiger partial charge on any atom is 0.266 e. The van der Waals surface area contributed by atoms with Crippen LogP contribution in [0, 0.1) is 5.92 Å². The van der Waals surface area contributed by atoms with Gasteiger partial charge in [-0.05, 0) is 55.0 Å². The van der Waals surface area contributed by atoms with Crippen LogP contribution >= 0.6 is 0 Å². The fourth-order valence-electron chi connectivity index (χ4n) is 5.17. The number of carbonyl (C=O) groups excluding carboxylic acids is 2. The smallest absolute Gasteiger partial charge is 0.266 e. The van der Waals surface area contributed by atoms with Crippen molar-refractivity contribution in [3.05, 3.63) is 72.3 Å². The van der Waals surface area contributed by atoms with Crippen LogP contribution in [0.25, 0.3) is 0 Å². The Labute approximate surface area is 227 Å². The van der Waals surface area contributed by atoms with Crippen molar-refractivity contribution in [3.63, 3.8) is 0 Å². The molecule has 0 saturated carbocycles. The van der Waals surface area contributed by atoms with Crippen molar-refractivity contribution in [1.29, 1.82) is 0 Å². The number of imide groups is 1. The first-order chi connectivity index (χ1) is 19.0. The van der Waals surface area contributed by atoms with Crippen molar-refractivity contribution < 1.29 is 33.4 Å². The molecule has 2 aliphatic heterocycles. The summed E-state index contributed by atoms with van der Waals surface area (Å²) in [5.74, 6) is 0.352. The number of hydroxylamine groups is 1. The summed E-state index contributed by atoms with van der Waals surface area (Å²) in [7, 11) is 4.59. The van der Waals surface area contributed by atoms with Gasteiger partial charge < -0.3 is 18.9 Å². The number of amides is 2. The highest BCUT2D eigenvalue weighted by Crippen LogP contribution is 2.52. The summed E-state index contributed by atoms with van der Waals surface area (Å²) in [4.78, 5) is 35.1. The van der Waals surface area contributed by atoms with Crippen LogP contribution in [-0.2, 0) is 14.4 Å². The Balaban J connectivity index is 1.55. The van der Waals surface area contributed by atoms with E-state index in [0.29, 0.717) is 46.5 Å². The standard InChI is InChI=1S/C30H32N2O7/c1-5-6-18-38-21-14-12-19(13-15-21)31-29(33)24-25(22-16-17-23(35-2)27(37-4)26(22)36-3)32(39-28(24)30(31)34)20-10-8-7-9-11-20/h7-17,24-25,28H,5-6,18H2,1-4H3/t24-,25+,28+/m0/s1. The number of methoxy groups -OCH3 is 3. The van der Waals surface area contributed by atoms with E-state index in [1.54, 1.807) is 42.5 Å². The summed E-state index contributed by atoms with van der Waals surface area (Å²) in [6.07, 6.45) is 0.967. The Morgan fingerprint density at radius 2 is 1.51 bits per heavy atom. The number of carbonyl (C=O) groups is 2. The lowest BCUT2D eigenvalue weighted by atomic mass is 9.89. The molecule has 39 heavy (non-hydrogen) atoms. The molecule has 0 aliphatic carbocycles. The summed E-state index contributed by atoms with van der Waals surface area (Å²) in [5.41, 5.74) is 1.80. The van der Waals surface area contributed by atoms with Gasteiger partial charge in [-0.3, -0.25) is 14.4 Å². The first-order valence-corrected chi connectivity index (χ1v) is 12.9. The van der Waals surface area contributed by atoms with Gasteiger partial charge in [-0.15, -0.1) is 0 Å². The average Bonchev–Trinajstić information content (AvgIpc) is 3.48. The molecule has 0 N–H and O–H groups in total. The van der Waals surface area contributed by atoms with Gasteiger partial charge in [0.2, 0.25) is 11.7 Å². The predicted octanol–water partition coefficient (Wildman–Crippen LogP) is 4.94. The average molecular weight is 533 g/mol. The van der Waals surface area contributed by atoms with Gasteiger partial charge in [0.05, 0.1) is 39.3 Å². The van der Waals surface area contributed by atoms with Crippen LogP contribution in [0.5, 0.6) is 23.0 Å². The third-order valence-electron chi connectivity index (χ3n) is 7.04. The minimum absolute atomic E-state index is 0.357. The number of fused-ring (bicyclic) bond motifs is 1. The van der Waals surface area contributed by atoms with Crippen LogP contribution < -0.4 is 28.9 Å². The SMILES string of the molecule is CCCCOc1ccc(N2C(=O)[C@H]3[C@@H](c4ccc(OC)c(OC)c4OC)N(c4ccccc4)O[C@H]3C2=O)cc1. The summed E-state index contributed by atoms with van der Waals surface area (Å²) in [6.45, 7) is 2.71. The molecule has 0 spiro atoms. The molecule has 204 valence electrons. The van der Waals surface area contributed by atoms with Gasteiger partial charge in [0.25, 0.3) is 5.91 Å². The first-order valence-electron chi connectivity index (χ1n) is 12.9. The molecule has 2 amide bonds. The number of para-hydroxylation sites is 1. The zero-order chi connectivity index (χ0) is 27.5. The molecule has 0 aromatic heterocycles. The fourth-order valence-corrected chi connectivity index (χ4v) is 5.17. The highest BCUT2D eigenvalue weighted by atomic mass is 16.7. The molecule has 3 aromatic carbocycles. The lowest BCUT2D eigenvalue weighted by molar-refractivity contribution is -0.126. The van der Waals surface area contributed by atoms with E-state index in [1.165, 1.54) is 19.1 Å². The van der Waals surface area contributed by atoms with Crippen LogP contribution in [0.15, 0.2) is 66.7 Å². The van der Waals surface area contributed by atoms with Gasteiger partial charge in [-0.25, -0.2) is 9.96 Å². The number of rotatable bonds is 10. The highest BCUT2D eigenvalue weighted by molar-refractivity contribution is 6.24.